The molecule has 86 valence electrons. The van der Waals surface area contributed by atoms with E-state index < -0.39 is 16.6 Å². The Hall–Kier alpha value is -2.18. The van der Waals surface area contributed by atoms with Crippen LogP contribution in [0.1, 0.15) is 24.2 Å². The lowest BCUT2D eigenvalue weighted by molar-refractivity contribution is -0.384. The Morgan fingerprint density at radius 2 is 2.25 bits per heavy atom. The number of anilines is 1. The summed E-state index contributed by atoms with van der Waals surface area (Å²) in [4.78, 5) is 24.8. The third-order valence-electron chi connectivity index (χ3n) is 1.67. The highest BCUT2D eigenvalue weighted by molar-refractivity contribution is 5.90. The molecule has 0 fully saturated rings. The van der Waals surface area contributed by atoms with Gasteiger partial charge in [0.1, 0.15) is 0 Å². The van der Waals surface area contributed by atoms with Gasteiger partial charge in [-0.1, -0.05) is 0 Å². The van der Waals surface area contributed by atoms with Crippen molar-refractivity contribution in [2.24, 2.45) is 0 Å². The summed E-state index contributed by atoms with van der Waals surface area (Å²) in [5.74, 6) is -0.892. The van der Waals surface area contributed by atoms with Gasteiger partial charge in [-0.3, -0.25) is 10.1 Å². The Kier molecular flexibility index (Phi) is 3.39. The van der Waals surface area contributed by atoms with Crippen molar-refractivity contribution in [1.29, 1.82) is 0 Å². The van der Waals surface area contributed by atoms with Crippen LogP contribution in [0.3, 0.4) is 0 Å². The zero-order valence-corrected chi connectivity index (χ0v) is 8.84. The summed E-state index contributed by atoms with van der Waals surface area (Å²) in [6, 6.07) is 1.05. The van der Waals surface area contributed by atoms with Gasteiger partial charge in [-0.25, -0.2) is 9.78 Å². The van der Waals surface area contributed by atoms with Crippen molar-refractivity contribution in [1.82, 2.24) is 4.98 Å². The number of hydrogen-bond acceptors (Lipinski definition) is 6. The van der Waals surface area contributed by atoms with Crippen LogP contribution in [0.2, 0.25) is 0 Å². The molecule has 0 unspecified atom stereocenters. The molecule has 1 aromatic heterocycles. The predicted octanol–water partition coefficient (Wildman–Crippen LogP) is 1.14. The Labute approximate surface area is 91.4 Å². The largest absolute Gasteiger partial charge is 0.459 e. The average Bonchev–Trinajstić information content (AvgIpc) is 2.16. The fourth-order valence-corrected chi connectivity index (χ4v) is 1.00. The molecule has 0 bridgehead atoms. The molecule has 7 nitrogen and oxygen atoms in total. The molecule has 0 aliphatic heterocycles. The molecular formula is C9H11N3O4. The van der Waals surface area contributed by atoms with Crippen molar-refractivity contribution in [2.45, 2.75) is 20.0 Å². The summed E-state index contributed by atoms with van der Waals surface area (Å²) in [6.07, 6.45) is 0.844. The normalized spacial score (nSPS) is 10.2. The van der Waals surface area contributed by atoms with E-state index in [2.05, 4.69) is 4.98 Å². The van der Waals surface area contributed by atoms with Crippen molar-refractivity contribution in [2.75, 3.05) is 5.73 Å². The van der Waals surface area contributed by atoms with Gasteiger partial charge in [-0.15, -0.1) is 0 Å². The first-order valence-electron chi connectivity index (χ1n) is 4.52. The van der Waals surface area contributed by atoms with E-state index in [1.807, 2.05) is 0 Å². The summed E-state index contributed by atoms with van der Waals surface area (Å²) in [6.45, 7) is 3.36. The maximum atomic E-state index is 11.4. The van der Waals surface area contributed by atoms with Gasteiger partial charge in [0.2, 0.25) is 5.82 Å². The molecule has 7 heteroatoms. The van der Waals surface area contributed by atoms with Gasteiger partial charge in [-0.05, 0) is 13.8 Å². The van der Waals surface area contributed by atoms with Crippen LogP contribution < -0.4 is 5.73 Å². The van der Waals surface area contributed by atoms with Crippen LogP contribution in [-0.2, 0) is 4.74 Å². The Balaban J connectivity index is 3.03. The Morgan fingerprint density at radius 1 is 1.62 bits per heavy atom. The monoisotopic (exact) mass is 225 g/mol. The van der Waals surface area contributed by atoms with Gasteiger partial charge < -0.3 is 10.5 Å². The molecule has 2 N–H and O–H groups in total. The molecule has 1 rings (SSSR count). The summed E-state index contributed by atoms with van der Waals surface area (Å²) < 4.78 is 4.87. The van der Waals surface area contributed by atoms with E-state index in [9.17, 15) is 14.9 Å². The number of nitrogens with zero attached hydrogens (tertiary/aromatic N) is 2. The van der Waals surface area contributed by atoms with Crippen molar-refractivity contribution in [3.05, 3.63) is 27.9 Å². The number of pyridine rings is 1. The first kappa shape index (κ1) is 11.9. The van der Waals surface area contributed by atoms with Gasteiger partial charge in [0.15, 0.2) is 0 Å². The molecule has 0 aromatic carbocycles. The predicted molar refractivity (Wildman–Crippen MR) is 55.9 cm³/mol. The number of nitrogens with two attached hydrogens (primary N) is 1. The van der Waals surface area contributed by atoms with E-state index in [1.165, 1.54) is 0 Å². The minimum absolute atomic E-state index is 0.00889. The van der Waals surface area contributed by atoms with Crippen LogP contribution in [0.5, 0.6) is 0 Å². The molecule has 0 saturated heterocycles. The maximum absolute atomic E-state index is 11.4. The van der Waals surface area contributed by atoms with Gasteiger partial charge >= 0.3 is 11.7 Å². The molecule has 0 aliphatic carbocycles. The van der Waals surface area contributed by atoms with E-state index in [-0.39, 0.29) is 17.5 Å². The van der Waals surface area contributed by atoms with Crippen LogP contribution in [0.25, 0.3) is 0 Å². The van der Waals surface area contributed by atoms with Gasteiger partial charge in [0, 0.05) is 12.3 Å². The molecule has 0 aliphatic rings. The van der Waals surface area contributed by atoms with Crippen LogP contribution in [0.15, 0.2) is 12.3 Å². The number of ether oxygens (including phenoxy) is 1. The van der Waals surface area contributed by atoms with Crippen LogP contribution in [0.4, 0.5) is 11.5 Å². The third-order valence-corrected chi connectivity index (χ3v) is 1.67. The molecule has 0 radical (unpaired) electrons. The molecule has 0 spiro atoms. The molecule has 0 atom stereocenters. The number of nitro groups is 1. The van der Waals surface area contributed by atoms with Crippen molar-refractivity contribution in [3.63, 3.8) is 0 Å². The number of hydrogen-bond donors (Lipinski definition) is 1. The zero-order chi connectivity index (χ0) is 12.3. The van der Waals surface area contributed by atoms with E-state index >= 15 is 0 Å². The van der Waals surface area contributed by atoms with Gasteiger partial charge in [0.25, 0.3) is 0 Å². The molecular weight excluding hydrogens is 214 g/mol. The highest BCUT2D eigenvalue weighted by atomic mass is 16.6. The van der Waals surface area contributed by atoms with Crippen LogP contribution in [-0.4, -0.2) is 22.0 Å². The smallest absolute Gasteiger partial charge is 0.340 e. The molecule has 0 amide bonds. The van der Waals surface area contributed by atoms with E-state index in [0.29, 0.717) is 0 Å². The lowest BCUT2D eigenvalue weighted by Crippen LogP contribution is -2.12. The standard InChI is InChI=1S/C9H11N3O4/c1-5(2)16-9(13)6-3-7(12(14)15)8(10)11-4-6/h3-5H,1-2H3,(H2,10,11). The topological polar surface area (TPSA) is 108 Å². The number of carbonyl (C=O) groups is 1. The highest BCUT2D eigenvalue weighted by Crippen LogP contribution is 2.20. The number of esters is 1. The third kappa shape index (κ3) is 2.66. The van der Waals surface area contributed by atoms with Crippen LogP contribution in [0, 0.1) is 10.1 Å². The minimum atomic E-state index is -0.700. The average molecular weight is 225 g/mol. The summed E-state index contributed by atoms with van der Waals surface area (Å²) >= 11 is 0. The number of rotatable bonds is 3. The lowest BCUT2D eigenvalue weighted by Gasteiger charge is -2.07. The van der Waals surface area contributed by atoms with Gasteiger partial charge in [-0.2, -0.15) is 0 Å². The second-order valence-electron chi connectivity index (χ2n) is 3.34. The summed E-state index contributed by atoms with van der Waals surface area (Å²) in [5, 5.41) is 10.6. The summed E-state index contributed by atoms with van der Waals surface area (Å²) in [7, 11) is 0. The second-order valence-corrected chi connectivity index (χ2v) is 3.34. The molecule has 16 heavy (non-hydrogen) atoms. The summed E-state index contributed by atoms with van der Waals surface area (Å²) in [5.41, 5.74) is 4.89. The SMILES string of the molecule is CC(C)OC(=O)c1cnc(N)c([N+](=O)[O-])c1. The first-order valence-corrected chi connectivity index (χ1v) is 4.52. The molecule has 0 saturated carbocycles. The number of carbonyl (C=O) groups excluding carboxylic acids is 1. The fraction of sp³-hybridized carbons (Fsp3) is 0.333. The molecule has 1 heterocycles. The van der Waals surface area contributed by atoms with Gasteiger partial charge in [0.05, 0.1) is 16.6 Å². The Morgan fingerprint density at radius 3 is 2.75 bits per heavy atom. The van der Waals surface area contributed by atoms with Crippen molar-refractivity contribution >= 4 is 17.5 Å². The number of nitrogen functional groups attached to an aromatic ring is 1. The number of aromatic nitrogens is 1. The first-order chi connectivity index (χ1) is 7.41. The zero-order valence-electron chi connectivity index (χ0n) is 8.84. The van der Waals surface area contributed by atoms with E-state index in [0.717, 1.165) is 12.3 Å². The van der Waals surface area contributed by atoms with Crippen molar-refractivity contribution in [3.8, 4) is 0 Å². The van der Waals surface area contributed by atoms with E-state index in [4.69, 9.17) is 10.5 Å². The lowest BCUT2D eigenvalue weighted by atomic mass is 10.2. The quantitative estimate of drug-likeness (QED) is 0.469. The van der Waals surface area contributed by atoms with Crippen LogP contribution >= 0.6 is 0 Å². The fourth-order valence-electron chi connectivity index (χ4n) is 1.00. The second kappa shape index (κ2) is 4.56. The maximum Gasteiger partial charge on any atom is 0.340 e. The van der Waals surface area contributed by atoms with E-state index in [1.54, 1.807) is 13.8 Å². The minimum Gasteiger partial charge on any atom is -0.459 e. The van der Waals surface area contributed by atoms with Crippen molar-refractivity contribution < 1.29 is 14.5 Å². The Bertz CT molecular complexity index is 431. The molecule has 1 aromatic rings. The highest BCUT2D eigenvalue weighted by Gasteiger charge is 2.18.